The van der Waals surface area contributed by atoms with Crippen molar-refractivity contribution in [1.29, 1.82) is 0 Å². The van der Waals surface area contributed by atoms with Crippen LogP contribution < -0.4 is 5.73 Å². The fourth-order valence-electron chi connectivity index (χ4n) is 4.71. The summed E-state index contributed by atoms with van der Waals surface area (Å²) in [6.07, 6.45) is 6.78. The molecule has 4 aromatic rings. The lowest BCUT2D eigenvalue weighted by molar-refractivity contribution is 0.281. The predicted molar refractivity (Wildman–Crippen MR) is 122 cm³/mol. The summed E-state index contributed by atoms with van der Waals surface area (Å²) in [5, 5.41) is 15.4. The van der Waals surface area contributed by atoms with Gasteiger partial charge < -0.3 is 15.4 Å². The number of aromatic nitrogens is 5. The van der Waals surface area contributed by atoms with Gasteiger partial charge in [0.25, 0.3) is 0 Å². The smallest absolute Gasteiger partial charge is 0.226 e. The minimum Gasteiger partial charge on any atom is -0.392 e. The number of aliphatic hydroxyl groups is 1. The Morgan fingerprint density at radius 2 is 2.03 bits per heavy atom. The van der Waals surface area contributed by atoms with E-state index in [1.165, 1.54) is 5.56 Å². The van der Waals surface area contributed by atoms with Crippen LogP contribution in [0.5, 0.6) is 0 Å². The van der Waals surface area contributed by atoms with E-state index >= 15 is 0 Å². The lowest BCUT2D eigenvalue weighted by Crippen LogP contribution is -2.06. The highest BCUT2D eigenvalue weighted by atomic mass is 35.5. The standard InChI is InChI=1S/C22H22Cl2N6O/c1-29-10-17(23)19(28-29)16-9-30(21-18(16)20(25)26-22(24)27-21)15-6-5-14(8-15)13-4-2-3-12(7-13)11-31/h2-4,7,9-10,14-15,31H,5-6,8,11H2,1H3,(H2,25,26,27). The van der Waals surface area contributed by atoms with E-state index in [0.717, 1.165) is 35.8 Å². The lowest BCUT2D eigenvalue weighted by atomic mass is 9.96. The van der Waals surface area contributed by atoms with Crippen LogP contribution >= 0.6 is 23.2 Å². The van der Waals surface area contributed by atoms with Crippen molar-refractivity contribution in [3.63, 3.8) is 0 Å². The third-order valence-corrected chi connectivity index (χ3v) is 6.56. The van der Waals surface area contributed by atoms with Crippen LogP contribution in [0.3, 0.4) is 0 Å². The Bertz CT molecular complexity index is 1280. The molecular formula is C22H22Cl2N6O. The topological polar surface area (TPSA) is 94.8 Å². The van der Waals surface area contributed by atoms with E-state index in [9.17, 15) is 5.11 Å². The van der Waals surface area contributed by atoms with Gasteiger partial charge in [0.1, 0.15) is 17.2 Å². The van der Waals surface area contributed by atoms with Crippen molar-refractivity contribution in [2.75, 3.05) is 5.73 Å². The molecule has 3 N–H and O–H groups in total. The van der Waals surface area contributed by atoms with E-state index in [1.807, 2.05) is 25.4 Å². The maximum atomic E-state index is 9.48. The van der Waals surface area contributed by atoms with E-state index in [1.54, 1.807) is 10.9 Å². The first-order chi connectivity index (χ1) is 14.9. The number of hydrogen-bond acceptors (Lipinski definition) is 5. The lowest BCUT2D eigenvalue weighted by Gasteiger charge is -2.15. The first-order valence-electron chi connectivity index (χ1n) is 10.2. The number of nitrogens with zero attached hydrogens (tertiary/aromatic N) is 5. The third kappa shape index (κ3) is 3.56. The minimum atomic E-state index is 0.0507. The van der Waals surface area contributed by atoms with Crippen LogP contribution in [0.15, 0.2) is 36.7 Å². The van der Waals surface area contributed by atoms with Gasteiger partial charge in [-0.05, 0) is 47.9 Å². The molecule has 0 aliphatic heterocycles. The van der Waals surface area contributed by atoms with Gasteiger partial charge in [0.2, 0.25) is 5.28 Å². The monoisotopic (exact) mass is 456 g/mol. The van der Waals surface area contributed by atoms with Crippen molar-refractivity contribution in [1.82, 2.24) is 24.3 Å². The number of benzene rings is 1. The zero-order valence-corrected chi connectivity index (χ0v) is 18.5. The average molecular weight is 457 g/mol. The highest BCUT2D eigenvalue weighted by molar-refractivity contribution is 6.33. The molecule has 160 valence electrons. The maximum absolute atomic E-state index is 9.48. The number of anilines is 1. The number of halogens is 2. The minimum absolute atomic E-state index is 0.0507. The van der Waals surface area contributed by atoms with E-state index in [0.29, 0.717) is 28.1 Å². The summed E-state index contributed by atoms with van der Waals surface area (Å²) in [4.78, 5) is 8.68. The molecule has 3 heterocycles. The normalized spacial score (nSPS) is 18.8. The highest BCUT2D eigenvalue weighted by Gasteiger charge is 2.30. The number of rotatable bonds is 4. The molecule has 1 aliphatic carbocycles. The molecule has 0 saturated heterocycles. The van der Waals surface area contributed by atoms with E-state index in [4.69, 9.17) is 28.9 Å². The van der Waals surface area contributed by atoms with Gasteiger partial charge in [0.15, 0.2) is 0 Å². The van der Waals surface area contributed by atoms with Crippen LogP contribution in [0.4, 0.5) is 5.82 Å². The molecule has 1 aliphatic rings. The second-order valence-corrected chi connectivity index (χ2v) is 8.84. The summed E-state index contributed by atoms with van der Waals surface area (Å²) in [6, 6.07) is 8.41. The van der Waals surface area contributed by atoms with Gasteiger partial charge in [-0.2, -0.15) is 10.1 Å². The van der Waals surface area contributed by atoms with Crippen LogP contribution in [-0.4, -0.2) is 29.4 Å². The predicted octanol–water partition coefficient (Wildman–Crippen LogP) is 4.72. The molecule has 0 spiro atoms. The van der Waals surface area contributed by atoms with Gasteiger partial charge in [-0.15, -0.1) is 0 Å². The number of fused-ring (bicyclic) bond motifs is 1. The summed E-state index contributed by atoms with van der Waals surface area (Å²) < 4.78 is 3.82. The van der Waals surface area contributed by atoms with Crippen molar-refractivity contribution in [2.45, 2.75) is 37.8 Å². The van der Waals surface area contributed by atoms with Crippen LogP contribution in [0, 0.1) is 0 Å². The van der Waals surface area contributed by atoms with Crippen molar-refractivity contribution >= 4 is 40.1 Å². The molecule has 3 aromatic heterocycles. The Morgan fingerprint density at radius 3 is 2.77 bits per heavy atom. The van der Waals surface area contributed by atoms with Crippen LogP contribution in [0.25, 0.3) is 22.3 Å². The molecule has 0 radical (unpaired) electrons. The van der Waals surface area contributed by atoms with Gasteiger partial charge in [0.05, 0.1) is 17.0 Å². The third-order valence-electron chi connectivity index (χ3n) is 6.12. The van der Waals surface area contributed by atoms with Gasteiger partial charge in [-0.1, -0.05) is 35.9 Å². The number of aryl methyl sites for hydroxylation is 1. The largest absolute Gasteiger partial charge is 0.392 e. The van der Waals surface area contributed by atoms with Gasteiger partial charge in [0, 0.05) is 31.0 Å². The molecule has 1 saturated carbocycles. The van der Waals surface area contributed by atoms with E-state index in [2.05, 4.69) is 31.8 Å². The van der Waals surface area contributed by atoms with Crippen LogP contribution in [0.1, 0.15) is 42.3 Å². The van der Waals surface area contributed by atoms with Gasteiger partial charge in [-0.3, -0.25) is 4.68 Å². The van der Waals surface area contributed by atoms with Crippen molar-refractivity contribution < 1.29 is 5.11 Å². The number of nitrogen functional groups attached to an aromatic ring is 1. The quantitative estimate of drug-likeness (QED) is 0.433. The Kier molecular flexibility index (Phi) is 5.12. The SMILES string of the molecule is Cn1cc(Cl)c(-c2cn(C3CCC(c4cccc(CO)c4)C3)c3nc(Cl)nc(N)c23)n1. The first-order valence-corrected chi connectivity index (χ1v) is 10.9. The fourth-order valence-corrected chi connectivity index (χ4v) is 5.16. The molecule has 2 unspecified atom stereocenters. The van der Waals surface area contributed by atoms with Crippen molar-refractivity contribution in [3.8, 4) is 11.3 Å². The first kappa shape index (κ1) is 20.3. The summed E-state index contributed by atoms with van der Waals surface area (Å²) in [5.74, 6) is 0.723. The molecular weight excluding hydrogens is 435 g/mol. The summed E-state index contributed by atoms with van der Waals surface area (Å²) in [6.45, 7) is 0.0507. The van der Waals surface area contributed by atoms with Gasteiger partial charge >= 0.3 is 0 Å². The zero-order chi connectivity index (χ0) is 21.7. The molecule has 0 amide bonds. The van der Waals surface area contributed by atoms with E-state index < -0.39 is 0 Å². The van der Waals surface area contributed by atoms with Crippen molar-refractivity contribution in [2.24, 2.45) is 7.05 Å². The summed E-state index contributed by atoms with van der Waals surface area (Å²) in [7, 11) is 1.83. The van der Waals surface area contributed by atoms with Crippen LogP contribution in [0.2, 0.25) is 10.3 Å². The molecule has 0 bridgehead atoms. The highest BCUT2D eigenvalue weighted by Crippen LogP contribution is 2.45. The number of aliphatic hydroxyl groups excluding tert-OH is 1. The summed E-state index contributed by atoms with van der Waals surface area (Å²) in [5.41, 5.74) is 10.6. The van der Waals surface area contributed by atoms with Gasteiger partial charge in [-0.25, -0.2) is 4.98 Å². The fraction of sp³-hybridized carbons (Fsp3) is 0.318. The Morgan fingerprint density at radius 1 is 1.19 bits per heavy atom. The molecule has 7 nitrogen and oxygen atoms in total. The second kappa shape index (κ2) is 7.82. The zero-order valence-electron chi connectivity index (χ0n) is 17.0. The Hall–Kier alpha value is -2.61. The summed E-state index contributed by atoms with van der Waals surface area (Å²) >= 11 is 12.6. The molecule has 1 aromatic carbocycles. The Labute approximate surface area is 189 Å². The Balaban J connectivity index is 1.58. The molecule has 9 heteroatoms. The molecule has 2 atom stereocenters. The molecule has 1 fully saturated rings. The van der Waals surface area contributed by atoms with Crippen LogP contribution in [-0.2, 0) is 13.7 Å². The van der Waals surface area contributed by atoms with E-state index in [-0.39, 0.29) is 17.9 Å². The average Bonchev–Trinajstić information content (AvgIpc) is 3.44. The molecule has 31 heavy (non-hydrogen) atoms. The maximum Gasteiger partial charge on any atom is 0.226 e. The van der Waals surface area contributed by atoms with Crippen molar-refractivity contribution in [3.05, 3.63) is 58.1 Å². The number of nitrogens with two attached hydrogens (primary N) is 1. The number of hydrogen-bond donors (Lipinski definition) is 2. The second-order valence-electron chi connectivity index (χ2n) is 8.09. The molecule has 5 rings (SSSR count).